The van der Waals surface area contributed by atoms with Crippen molar-refractivity contribution in [2.45, 2.75) is 26.6 Å². The quantitative estimate of drug-likeness (QED) is 0.670. The SMILES string of the molecule is Cc1cc(/C=N/N=C2/C(=O)Nc3ccccc32)c(C)n1CC(F)(F)F. The molecule has 0 unspecified atom stereocenters. The monoisotopic (exact) mass is 348 g/mol. The number of anilines is 1. The summed E-state index contributed by atoms with van der Waals surface area (Å²) in [6.45, 7) is 2.14. The Kier molecular flexibility index (Phi) is 4.20. The Balaban J connectivity index is 1.86. The minimum atomic E-state index is -4.30. The minimum Gasteiger partial charge on any atom is -0.339 e. The zero-order chi connectivity index (χ0) is 18.2. The Bertz CT molecular complexity index is 894. The van der Waals surface area contributed by atoms with Crippen LogP contribution in [0.2, 0.25) is 0 Å². The number of amides is 1. The number of hydrogen-bond acceptors (Lipinski definition) is 3. The molecule has 25 heavy (non-hydrogen) atoms. The molecule has 1 amide bonds. The summed E-state index contributed by atoms with van der Waals surface area (Å²) in [6.07, 6.45) is -2.94. The smallest absolute Gasteiger partial charge is 0.339 e. The number of rotatable bonds is 3. The molecule has 3 rings (SSSR count). The van der Waals surface area contributed by atoms with Gasteiger partial charge in [-0.15, -0.1) is 5.10 Å². The van der Waals surface area contributed by atoms with Crippen molar-refractivity contribution in [3.05, 3.63) is 52.8 Å². The van der Waals surface area contributed by atoms with Gasteiger partial charge in [-0.05, 0) is 26.0 Å². The highest BCUT2D eigenvalue weighted by atomic mass is 19.4. The van der Waals surface area contributed by atoms with E-state index in [1.807, 2.05) is 0 Å². The topological polar surface area (TPSA) is 58.8 Å². The Morgan fingerprint density at radius 1 is 1.24 bits per heavy atom. The second kappa shape index (κ2) is 6.19. The van der Waals surface area contributed by atoms with Crippen molar-refractivity contribution in [1.29, 1.82) is 0 Å². The molecule has 0 saturated carbocycles. The number of aromatic nitrogens is 1. The van der Waals surface area contributed by atoms with E-state index in [9.17, 15) is 18.0 Å². The summed E-state index contributed by atoms with van der Waals surface area (Å²) >= 11 is 0. The van der Waals surface area contributed by atoms with E-state index in [2.05, 4.69) is 15.5 Å². The number of hydrogen-bond donors (Lipinski definition) is 1. The fraction of sp³-hybridized carbons (Fsp3) is 0.235. The van der Waals surface area contributed by atoms with Crippen molar-refractivity contribution in [1.82, 2.24) is 4.57 Å². The third-order valence-electron chi connectivity index (χ3n) is 3.95. The second-order valence-corrected chi connectivity index (χ2v) is 5.72. The molecular formula is C17H15F3N4O. The van der Waals surface area contributed by atoms with Crippen molar-refractivity contribution in [2.24, 2.45) is 10.2 Å². The van der Waals surface area contributed by atoms with Gasteiger partial charge in [-0.1, -0.05) is 18.2 Å². The van der Waals surface area contributed by atoms with Crippen LogP contribution in [-0.2, 0) is 11.3 Å². The largest absolute Gasteiger partial charge is 0.406 e. The summed E-state index contributed by atoms with van der Waals surface area (Å²) in [7, 11) is 0. The lowest BCUT2D eigenvalue weighted by Crippen LogP contribution is -2.19. The Hall–Kier alpha value is -2.90. The van der Waals surface area contributed by atoms with Gasteiger partial charge in [0.05, 0.1) is 11.9 Å². The lowest BCUT2D eigenvalue weighted by Gasteiger charge is -2.12. The molecule has 5 nitrogen and oxygen atoms in total. The summed E-state index contributed by atoms with van der Waals surface area (Å²) in [4.78, 5) is 11.9. The average molecular weight is 348 g/mol. The van der Waals surface area contributed by atoms with E-state index >= 15 is 0 Å². The van der Waals surface area contributed by atoms with E-state index < -0.39 is 12.7 Å². The zero-order valence-corrected chi connectivity index (χ0v) is 13.6. The molecule has 0 aliphatic carbocycles. The van der Waals surface area contributed by atoms with Crippen molar-refractivity contribution < 1.29 is 18.0 Å². The van der Waals surface area contributed by atoms with Gasteiger partial charge >= 0.3 is 6.18 Å². The summed E-state index contributed by atoms with van der Waals surface area (Å²) in [5, 5.41) is 10.5. The molecule has 0 atom stereocenters. The van der Waals surface area contributed by atoms with Crippen LogP contribution in [0.5, 0.6) is 0 Å². The predicted octanol–water partition coefficient (Wildman–Crippen LogP) is 3.44. The van der Waals surface area contributed by atoms with Gasteiger partial charge < -0.3 is 9.88 Å². The van der Waals surface area contributed by atoms with Gasteiger partial charge in [-0.25, -0.2) is 0 Å². The van der Waals surface area contributed by atoms with Crippen LogP contribution in [0.15, 0.2) is 40.5 Å². The molecule has 8 heteroatoms. The molecule has 1 aromatic carbocycles. The number of alkyl halides is 3. The highest BCUT2D eigenvalue weighted by Crippen LogP contribution is 2.24. The fourth-order valence-electron chi connectivity index (χ4n) is 2.73. The van der Waals surface area contributed by atoms with Crippen LogP contribution in [0.25, 0.3) is 0 Å². The number of nitrogens with one attached hydrogen (secondary N) is 1. The number of halogens is 3. The standard InChI is InChI=1S/C17H15F3N4O/c1-10-7-12(11(2)24(10)9-17(18,19)20)8-21-23-15-13-5-3-4-6-14(13)22-16(15)25/h3-8H,9H2,1-2H3,(H,22,23,25)/b21-8+. The van der Waals surface area contributed by atoms with Crippen molar-refractivity contribution in [3.63, 3.8) is 0 Å². The molecule has 1 N–H and O–H groups in total. The Morgan fingerprint density at radius 2 is 1.96 bits per heavy atom. The normalized spacial score (nSPS) is 15.9. The minimum absolute atomic E-state index is 0.177. The molecule has 130 valence electrons. The van der Waals surface area contributed by atoms with Gasteiger partial charge in [0.15, 0.2) is 5.71 Å². The molecular weight excluding hydrogens is 333 g/mol. The first-order chi connectivity index (χ1) is 11.8. The first kappa shape index (κ1) is 16.9. The number of fused-ring (bicyclic) bond motifs is 1. The summed E-state index contributed by atoms with van der Waals surface area (Å²) in [5.41, 5.74) is 2.92. The predicted molar refractivity (Wildman–Crippen MR) is 89.2 cm³/mol. The summed E-state index contributed by atoms with van der Waals surface area (Å²) < 4.78 is 39.1. The molecule has 0 radical (unpaired) electrons. The molecule has 0 fully saturated rings. The highest BCUT2D eigenvalue weighted by Gasteiger charge is 2.29. The fourth-order valence-corrected chi connectivity index (χ4v) is 2.73. The van der Waals surface area contributed by atoms with E-state index in [1.54, 1.807) is 44.2 Å². The second-order valence-electron chi connectivity index (χ2n) is 5.72. The molecule has 1 aliphatic rings. The molecule has 2 heterocycles. The summed E-state index contributed by atoms with van der Waals surface area (Å²) in [6, 6.07) is 8.68. The lowest BCUT2D eigenvalue weighted by atomic mass is 10.1. The lowest BCUT2D eigenvalue weighted by molar-refractivity contribution is -0.141. The third kappa shape index (κ3) is 3.47. The van der Waals surface area contributed by atoms with E-state index in [-0.39, 0.29) is 11.6 Å². The van der Waals surface area contributed by atoms with E-state index in [1.165, 1.54) is 10.8 Å². The molecule has 0 spiro atoms. The van der Waals surface area contributed by atoms with Gasteiger partial charge in [0.2, 0.25) is 0 Å². The maximum Gasteiger partial charge on any atom is 0.406 e. The highest BCUT2D eigenvalue weighted by molar-refractivity contribution is 6.53. The maximum absolute atomic E-state index is 12.6. The molecule has 2 aromatic rings. The van der Waals surface area contributed by atoms with Crippen molar-refractivity contribution >= 4 is 23.5 Å². The number of para-hydroxylation sites is 1. The first-order valence-corrected chi connectivity index (χ1v) is 7.51. The number of carbonyl (C=O) groups excluding carboxylic acids is 1. The van der Waals surface area contributed by atoms with Crippen LogP contribution in [0.4, 0.5) is 18.9 Å². The maximum atomic E-state index is 12.6. The summed E-state index contributed by atoms with van der Waals surface area (Å²) in [5.74, 6) is -0.360. The van der Waals surface area contributed by atoms with Crippen LogP contribution < -0.4 is 5.32 Å². The Labute approximate surface area is 141 Å². The van der Waals surface area contributed by atoms with Crippen LogP contribution in [0.1, 0.15) is 22.5 Å². The third-order valence-corrected chi connectivity index (χ3v) is 3.95. The van der Waals surface area contributed by atoms with Crippen molar-refractivity contribution in [2.75, 3.05) is 5.32 Å². The number of nitrogens with zero attached hydrogens (tertiary/aromatic N) is 3. The van der Waals surface area contributed by atoms with Gasteiger partial charge in [0.1, 0.15) is 6.54 Å². The van der Waals surface area contributed by atoms with Gasteiger partial charge in [-0.2, -0.15) is 18.3 Å². The number of aryl methyl sites for hydroxylation is 1. The van der Waals surface area contributed by atoms with Crippen LogP contribution in [0, 0.1) is 13.8 Å². The van der Waals surface area contributed by atoms with Gasteiger partial charge in [-0.3, -0.25) is 4.79 Å². The van der Waals surface area contributed by atoms with Gasteiger partial charge in [0.25, 0.3) is 5.91 Å². The zero-order valence-electron chi connectivity index (χ0n) is 13.6. The number of carbonyl (C=O) groups is 1. The molecule has 1 aliphatic heterocycles. The molecule has 0 bridgehead atoms. The van der Waals surface area contributed by atoms with E-state index in [0.717, 1.165) is 0 Å². The van der Waals surface area contributed by atoms with Crippen LogP contribution >= 0.6 is 0 Å². The molecule has 0 saturated heterocycles. The van der Waals surface area contributed by atoms with Gasteiger partial charge in [0, 0.05) is 22.5 Å². The number of benzene rings is 1. The van der Waals surface area contributed by atoms with Crippen LogP contribution in [-0.4, -0.2) is 28.6 Å². The van der Waals surface area contributed by atoms with Crippen LogP contribution in [0.3, 0.4) is 0 Å². The first-order valence-electron chi connectivity index (χ1n) is 7.51. The Morgan fingerprint density at radius 3 is 2.68 bits per heavy atom. The average Bonchev–Trinajstić information content (AvgIpc) is 2.98. The van der Waals surface area contributed by atoms with Crippen molar-refractivity contribution in [3.8, 4) is 0 Å². The van der Waals surface area contributed by atoms with E-state index in [0.29, 0.717) is 28.2 Å². The molecule has 1 aromatic heterocycles. The van der Waals surface area contributed by atoms with E-state index in [4.69, 9.17) is 0 Å².